The van der Waals surface area contributed by atoms with Crippen LogP contribution in [0.4, 0.5) is 5.69 Å². The van der Waals surface area contributed by atoms with Gasteiger partial charge in [-0.25, -0.2) is 0 Å². The van der Waals surface area contributed by atoms with Gasteiger partial charge in [-0.2, -0.15) is 5.10 Å². The molecule has 0 saturated heterocycles. The Morgan fingerprint density at radius 2 is 2.18 bits per heavy atom. The minimum atomic E-state index is 0.356. The van der Waals surface area contributed by atoms with Gasteiger partial charge in [0.2, 0.25) is 0 Å². The topological polar surface area (TPSA) is 74.6 Å². The third kappa shape index (κ3) is 1.51. The smallest absolute Gasteiger partial charge is 0.133 e. The van der Waals surface area contributed by atoms with Gasteiger partial charge in [-0.3, -0.25) is 4.68 Å². The van der Waals surface area contributed by atoms with E-state index in [1.807, 2.05) is 18.5 Å². The maximum absolute atomic E-state index is 5.84. The molecule has 0 aromatic carbocycles. The molecule has 3 rings (SSSR count). The van der Waals surface area contributed by atoms with E-state index in [-0.39, 0.29) is 0 Å². The van der Waals surface area contributed by atoms with E-state index < -0.39 is 0 Å². The van der Waals surface area contributed by atoms with E-state index in [1.165, 1.54) is 0 Å². The van der Waals surface area contributed by atoms with Gasteiger partial charge in [-0.15, -0.1) is 10.2 Å². The number of hydrogen-bond donors (Lipinski definition) is 1. The normalized spacial score (nSPS) is 19.3. The molecule has 1 atom stereocenters. The molecular weight excluding hydrogens is 216 g/mol. The number of aromatic nitrogens is 5. The lowest BCUT2D eigenvalue weighted by atomic mass is 10.1. The van der Waals surface area contributed by atoms with Crippen LogP contribution in [0, 0.1) is 13.8 Å². The average Bonchev–Trinajstić information content (AvgIpc) is 2.85. The highest BCUT2D eigenvalue weighted by molar-refractivity contribution is 5.39. The maximum Gasteiger partial charge on any atom is 0.133 e. The summed E-state index contributed by atoms with van der Waals surface area (Å²) in [5, 5.41) is 12.6. The summed E-state index contributed by atoms with van der Waals surface area (Å²) in [6.45, 7) is 4.89. The number of aryl methyl sites for hydroxylation is 2. The number of rotatable bonds is 1. The quantitative estimate of drug-likeness (QED) is 0.791. The van der Waals surface area contributed by atoms with Crippen molar-refractivity contribution in [3.05, 3.63) is 23.5 Å². The Morgan fingerprint density at radius 1 is 1.35 bits per heavy atom. The summed E-state index contributed by atoms with van der Waals surface area (Å²) in [7, 11) is 0. The zero-order valence-electron chi connectivity index (χ0n) is 10.1. The van der Waals surface area contributed by atoms with E-state index in [1.54, 1.807) is 6.20 Å². The van der Waals surface area contributed by atoms with E-state index >= 15 is 0 Å². The third-order valence-electron chi connectivity index (χ3n) is 3.54. The lowest BCUT2D eigenvalue weighted by molar-refractivity contribution is 0.326. The van der Waals surface area contributed by atoms with Gasteiger partial charge in [0.1, 0.15) is 11.6 Å². The zero-order chi connectivity index (χ0) is 12.0. The molecule has 3 heterocycles. The van der Waals surface area contributed by atoms with Crippen molar-refractivity contribution in [1.29, 1.82) is 0 Å². The van der Waals surface area contributed by atoms with E-state index in [0.29, 0.717) is 6.04 Å². The molecule has 1 aliphatic rings. The average molecular weight is 232 g/mol. The van der Waals surface area contributed by atoms with Crippen LogP contribution in [0.15, 0.2) is 6.20 Å². The van der Waals surface area contributed by atoms with E-state index in [4.69, 9.17) is 5.73 Å². The van der Waals surface area contributed by atoms with Crippen molar-refractivity contribution < 1.29 is 0 Å². The Hall–Kier alpha value is -1.85. The summed E-state index contributed by atoms with van der Waals surface area (Å²) in [4.78, 5) is 0. The summed E-state index contributed by atoms with van der Waals surface area (Å²) in [6.07, 6.45) is 3.72. The van der Waals surface area contributed by atoms with Crippen LogP contribution in [0.25, 0.3) is 0 Å². The second kappa shape index (κ2) is 3.58. The van der Waals surface area contributed by atoms with E-state index in [2.05, 4.69) is 19.9 Å². The van der Waals surface area contributed by atoms with Gasteiger partial charge in [0, 0.05) is 13.0 Å². The van der Waals surface area contributed by atoms with Crippen molar-refractivity contribution in [1.82, 2.24) is 24.5 Å². The lowest BCUT2D eigenvalue weighted by Gasteiger charge is -2.25. The standard InChI is InChI=1S/C11H16N6/c1-7-10(12)5-13-17(7)9-3-4-11-15-14-8(2)16(11)6-9/h5,9H,3-4,6,12H2,1-2H3. The van der Waals surface area contributed by atoms with Crippen LogP contribution in [0.5, 0.6) is 0 Å². The van der Waals surface area contributed by atoms with Gasteiger partial charge >= 0.3 is 0 Å². The highest BCUT2D eigenvalue weighted by Gasteiger charge is 2.24. The first-order valence-electron chi connectivity index (χ1n) is 5.85. The molecule has 1 unspecified atom stereocenters. The predicted octanol–water partition coefficient (Wildman–Crippen LogP) is 0.861. The largest absolute Gasteiger partial charge is 0.396 e. The second-order valence-corrected chi connectivity index (χ2v) is 4.60. The van der Waals surface area contributed by atoms with E-state index in [9.17, 15) is 0 Å². The molecule has 2 aromatic rings. The predicted molar refractivity (Wildman–Crippen MR) is 63.5 cm³/mol. The van der Waals surface area contributed by atoms with Crippen LogP contribution < -0.4 is 5.73 Å². The monoisotopic (exact) mass is 232 g/mol. The SMILES string of the molecule is Cc1c(N)cnn1C1CCc2nnc(C)n2C1. The molecular formula is C11H16N6. The number of anilines is 1. The van der Waals surface area contributed by atoms with Crippen molar-refractivity contribution in [3.63, 3.8) is 0 Å². The molecule has 0 spiro atoms. The highest BCUT2D eigenvalue weighted by atomic mass is 15.3. The van der Waals surface area contributed by atoms with Gasteiger partial charge in [0.05, 0.1) is 23.6 Å². The zero-order valence-corrected chi connectivity index (χ0v) is 10.1. The molecule has 0 saturated carbocycles. The molecule has 0 aliphatic carbocycles. The molecule has 0 fully saturated rings. The fourth-order valence-electron chi connectivity index (χ4n) is 2.45. The minimum Gasteiger partial charge on any atom is -0.396 e. The Bertz CT molecular complexity index is 552. The Kier molecular flexibility index (Phi) is 2.17. The molecule has 0 amide bonds. The number of hydrogen-bond acceptors (Lipinski definition) is 4. The Morgan fingerprint density at radius 3 is 2.88 bits per heavy atom. The number of nitrogen functional groups attached to an aromatic ring is 1. The first kappa shape index (κ1) is 10.3. The lowest BCUT2D eigenvalue weighted by Crippen LogP contribution is -2.25. The molecule has 2 N–H and O–H groups in total. The van der Waals surface area contributed by atoms with Crippen molar-refractivity contribution >= 4 is 5.69 Å². The first-order valence-corrected chi connectivity index (χ1v) is 5.85. The molecule has 90 valence electrons. The van der Waals surface area contributed by atoms with Crippen LogP contribution in [0.1, 0.15) is 29.8 Å². The Balaban J connectivity index is 1.94. The maximum atomic E-state index is 5.84. The minimum absolute atomic E-state index is 0.356. The number of nitrogens with two attached hydrogens (primary N) is 1. The fourth-order valence-corrected chi connectivity index (χ4v) is 2.45. The number of nitrogens with zero attached hydrogens (tertiary/aromatic N) is 5. The van der Waals surface area contributed by atoms with Gasteiger partial charge < -0.3 is 10.3 Å². The second-order valence-electron chi connectivity index (χ2n) is 4.60. The molecule has 0 bridgehead atoms. The van der Waals surface area contributed by atoms with Gasteiger partial charge in [-0.1, -0.05) is 0 Å². The highest BCUT2D eigenvalue weighted by Crippen LogP contribution is 2.26. The first-order chi connectivity index (χ1) is 8.16. The van der Waals surface area contributed by atoms with Crippen molar-refractivity contribution in [2.24, 2.45) is 0 Å². The third-order valence-corrected chi connectivity index (χ3v) is 3.54. The molecule has 6 heteroatoms. The van der Waals surface area contributed by atoms with Crippen molar-refractivity contribution in [2.45, 2.75) is 39.3 Å². The molecule has 2 aromatic heterocycles. The van der Waals surface area contributed by atoms with Crippen LogP contribution in [-0.4, -0.2) is 24.5 Å². The summed E-state index contributed by atoms with van der Waals surface area (Å²) in [6, 6.07) is 0.356. The van der Waals surface area contributed by atoms with Crippen molar-refractivity contribution in [3.8, 4) is 0 Å². The molecule has 1 aliphatic heterocycles. The summed E-state index contributed by atoms with van der Waals surface area (Å²) in [5.41, 5.74) is 7.64. The van der Waals surface area contributed by atoms with Gasteiger partial charge in [0.25, 0.3) is 0 Å². The molecule has 6 nitrogen and oxygen atoms in total. The van der Waals surface area contributed by atoms with Crippen LogP contribution in [-0.2, 0) is 13.0 Å². The molecule has 17 heavy (non-hydrogen) atoms. The van der Waals surface area contributed by atoms with Crippen LogP contribution in [0.3, 0.4) is 0 Å². The van der Waals surface area contributed by atoms with Gasteiger partial charge in [-0.05, 0) is 20.3 Å². The van der Waals surface area contributed by atoms with Crippen LogP contribution in [0.2, 0.25) is 0 Å². The molecule has 0 radical (unpaired) electrons. The summed E-state index contributed by atoms with van der Waals surface area (Å²) in [5.74, 6) is 2.05. The number of fused-ring (bicyclic) bond motifs is 1. The van der Waals surface area contributed by atoms with Crippen LogP contribution >= 0.6 is 0 Å². The summed E-state index contributed by atoms with van der Waals surface area (Å²) < 4.78 is 4.20. The fraction of sp³-hybridized carbons (Fsp3) is 0.545. The summed E-state index contributed by atoms with van der Waals surface area (Å²) >= 11 is 0. The van der Waals surface area contributed by atoms with Gasteiger partial charge in [0.15, 0.2) is 0 Å². The van der Waals surface area contributed by atoms with Crippen molar-refractivity contribution in [2.75, 3.05) is 5.73 Å². The van der Waals surface area contributed by atoms with E-state index in [0.717, 1.165) is 42.4 Å². The Labute approximate surface area is 99.4 Å².